The summed E-state index contributed by atoms with van der Waals surface area (Å²) in [6.45, 7) is -0.479. The molecule has 2 N–H and O–H groups in total. The van der Waals surface area contributed by atoms with Crippen molar-refractivity contribution in [2.45, 2.75) is 0 Å². The summed E-state index contributed by atoms with van der Waals surface area (Å²) in [7, 11) is 1.30. The predicted octanol–water partition coefficient (Wildman–Crippen LogP) is 0.541. The number of carboxylic acids is 2. The van der Waals surface area contributed by atoms with Crippen molar-refractivity contribution >= 4 is 17.8 Å². The minimum atomic E-state index is -1.22. The van der Waals surface area contributed by atoms with Gasteiger partial charge < -0.3 is 15.1 Å². The van der Waals surface area contributed by atoms with Crippen LogP contribution in [-0.4, -0.2) is 46.6 Å². The van der Waals surface area contributed by atoms with Crippen LogP contribution >= 0.6 is 0 Å². The van der Waals surface area contributed by atoms with Gasteiger partial charge in [0.15, 0.2) is 0 Å². The average molecular weight is 237 g/mol. The molecule has 0 aliphatic heterocycles. The summed E-state index contributed by atoms with van der Waals surface area (Å²) in [5, 5.41) is 17.4. The molecule has 0 heterocycles. The van der Waals surface area contributed by atoms with E-state index in [0.29, 0.717) is 0 Å². The second kappa shape index (κ2) is 5.11. The molecule has 0 aliphatic rings. The standard InChI is InChI=1S/C11H11NO5/c1-12(6-9(13)14)10(15)7-4-2-3-5-8(7)11(16)17/h2-5H,6H2,1H3,(H,13,14)(H,16,17). The summed E-state index contributed by atoms with van der Waals surface area (Å²) in [5.41, 5.74) is -0.168. The first kappa shape index (κ1) is 12.7. The molecule has 0 saturated carbocycles. The van der Waals surface area contributed by atoms with Crippen molar-refractivity contribution in [3.63, 3.8) is 0 Å². The molecule has 1 rings (SSSR count). The second-order valence-electron chi connectivity index (χ2n) is 3.41. The lowest BCUT2D eigenvalue weighted by Crippen LogP contribution is -2.32. The van der Waals surface area contributed by atoms with Gasteiger partial charge in [-0.15, -0.1) is 0 Å². The molecule has 6 heteroatoms. The smallest absolute Gasteiger partial charge is 0.336 e. The number of carboxylic acid groups (broad SMARTS) is 2. The summed E-state index contributed by atoms with van der Waals surface area (Å²) >= 11 is 0. The Morgan fingerprint density at radius 1 is 1.12 bits per heavy atom. The Morgan fingerprint density at radius 3 is 2.12 bits per heavy atom. The molecule has 0 saturated heterocycles. The van der Waals surface area contributed by atoms with Crippen molar-refractivity contribution in [1.82, 2.24) is 4.90 Å². The number of amides is 1. The highest BCUT2D eigenvalue weighted by molar-refractivity contribution is 6.05. The zero-order valence-corrected chi connectivity index (χ0v) is 9.08. The molecule has 1 aromatic rings. The molecule has 1 amide bonds. The molecule has 0 aliphatic carbocycles. The van der Waals surface area contributed by atoms with Crippen LogP contribution in [0.15, 0.2) is 24.3 Å². The van der Waals surface area contributed by atoms with Gasteiger partial charge in [0.1, 0.15) is 6.54 Å². The number of hydrogen-bond donors (Lipinski definition) is 2. The minimum Gasteiger partial charge on any atom is -0.480 e. The van der Waals surface area contributed by atoms with Gasteiger partial charge >= 0.3 is 11.9 Å². The third-order valence-electron chi connectivity index (χ3n) is 2.11. The van der Waals surface area contributed by atoms with Crippen LogP contribution in [0, 0.1) is 0 Å². The largest absolute Gasteiger partial charge is 0.480 e. The minimum absolute atomic E-state index is 0.0243. The maximum absolute atomic E-state index is 11.8. The van der Waals surface area contributed by atoms with Gasteiger partial charge in [-0.05, 0) is 12.1 Å². The normalized spacial score (nSPS) is 9.71. The first-order valence-corrected chi connectivity index (χ1v) is 4.73. The SMILES string of the molecule is CN(CC(=O)O)C(=O)c1ccccc1C(=O)O. The molecule has 0 radical (unpaired) electrons. The van der Waals surface area contributed by atoms with E-state index in [0.717, 1.165) is 4.90 Å². The summed E-state index contributed by atoms with van der Waals surface area (Å²) in [6, 6.07) is 5.67. The van der Waals surface area contributed by atoms with Gasteiger partial charge in [0.05, 0.1) is 11.1 Å². The number of hydrogen-bond acceptors (Lipinski definition) is 3. The highest BCUT2D eigenvalue weighted by atomic mass is 16.4. The number of aliphatic carboxylic acids is 1. The maximum Gasteiger partial charge on any atom is 0.336 e. The van der Waals surface area contributed by atoms with E-state index in [2.05, 4.69) is 0 Å². The van der Waals surface area contributed by atoms with Gasteiger partial charge in [-0.25, -0.2) is 4.79 Å². The Hall–Kier alpha value is -2.37. The van der Waals surface area contributed by atoms with E-state index in [1.807, 2.05) is 0 Å². The lowest BCUT2D eigenvalue weighted by Gasteiger charge is -2.15. The highest BCUT2D eigenvalue weighted by Gasteiger charge is 2.20. The summed E-state index contributed by atoms with van der Waals surface area (Å²) in [5.74, 6) is -3.02. The fourth-order valence-corrected chi connectivity index (χ4v) is 1.34. The molecule has 0 bridgehead atoms. The quantitative estimate of drug-likeness (QED) is 0.796. The monoisotopic (exact) mass is 237 g/mol. The number of rotatable bonds is 4. The number of benzene rings is 1. The van der Waals surface area contributed by atoms with Crippen molar-refractivity contribution in [2.24, 2.45) is 0 Å². The number of carbonyl (C=O) groups excluding carboxylic acids is 1. The van der Waals surface area contributed by atoms with Crippen LogP contribution in [0.2, 0.25) is 0 Å². The van der Waals surface area contributed by atoms with Gasteiger partial charge in [0, 0.05) is 7.05 Å². The van der Waals surface area contributed by atoms with E-state index < -0.39 is 24.4 Å². The fourth-order valence-electron chi connectivity index (χ4n) is 1.34. The lowest BCUT2D eigenvalue weighted by molar-refractivity contribution is -0.137. The van der Waals surface area contributed by atoms with Crippen LogP contribution in [-0.2, 0) is 4.79 Å². The van der Waals surface area contributed by atoms with Crippen LogP contribution in [0.4, 0.5) is 0 Å². The van der Waals surface area contributed by atoms with Crippen LogP contribution in [0.3, 0.4) is 0 Å². The van der Waals surface area contributed by atoms with Crippen LogP contribution in [0.5, 0.6) is 0 Å². The van der Waals surface area contributed by atoms with E-state index in [1.54, 1.807) is 0 Å². The van der Waals surface area contributed by atoms with Crippen molar-refractivity contribution in [2.75, 3.05) is 13.6 Å². The number of likely N-dealkylation sites (N-methyl/N-ethyl adjacent to an activating group) is 1. The van der Waals surface area contributed by atoms with Gasteiger partial charge in [-0.2, -0.15) is 0 Å². The summed E-state index contributed by atoms with van der Waals surface area (Å²) in [4.78, 5) is 34.1. The molecular formula is C11H11NO5. The van der Waals surface area contributed by atoms with Gasteiger partial charge in [-0.3, -0.25) is 9.59 Å². The highest BCUT2D eigenvalue weighted by Crippen LogP contribution is 2.11. The summed E-state index contributed by atoms with van der Waals surface area (Å²) in [6.07, 6.45) is 0. The average Bonchev–Trinajstić information content (AvgIpc) is 2.27. The number of carbonyl (C=O) groups is 3. The van der Waals surface area contributed by atoms with Crippen LogP contribution in [0.1, 0.15) is 20.7 Å². The Bertz CT molecular complexity index is 469. The maximum atomic E-state index is 11.8. The molecule has 0 unspecified atom stereocenters. The first-order valence-electron chi connectivity index (χ1n) is 4.73. The topological polar surface area (TPSA) is 94.9 Å². The Balaban J connectivity index is 3.04. The van der Waals surface area contributed by atoms with Gasteiger partial charge in [0.2, 0.25) is 0 Å². The lowest BCUT2D eigenvalue weighted by atomic mass is 10.1. The van der Waals surface area contributed by atoms with Crippen molar-refractivity contribution in [3.05, 3.63) is 35.4 Å². The molecule has 6 nitrogen and oxygen atoms in total. The molecule has 0 fully saturated rings. The zero-order valence-electron chi connectivity index (χ0n) is 9.08. The predicted molar refractivity (Wildman–Crippen MR) is 58.0 cm³/mol. The van der Waals surface area contributed by atoms with E-state index in [-0.39, 0.29) is 11.1 Å². The van der Waals surface area contributed by atoms with Gasteiger partial charge in [-0.1, -0.05) is 12.1 Å². The van der Waals surface area contributed by atoms with E-state index in [4.69, 9.17) is 10.2 Å². The third kappa shape index (κ3) is 3.04. The number of aromatic carboxylic acids is 1. The Kier molecular flexibility index (Phi) is 3.82. The van der Waals surface area contributed by atoms with Crippen molar-refractivity contribution < 1.29 is 24.6 Å². The molecule has 0 atom stereocenters. The zero-order chi connectivity index (χ0) is 13.0. The van der Waals surface area contributed by atoms with E-state index in [1.165, 1.54) is 31.3 Å². The second-order valence-corrected chi connectivity index (χ2v) is 3.41. The third-order valence-corrected chi connectivity index (χ3v) is 2.11. The van der Waals surface area contributed by atoms with E-state index in [9.17, 15) is 14.4 Å². The summed E-state index contributed by atoms with van der Waals surface area (Å²) < 4.78 is 0. The molecule has 0 aromatic heterocycles. The molecule has 1 aromatic carbocycles. The molecule has 90 valence electrons. The molecular weight excluding hydrogens is 226 g/mol. The van der Waals surface area contributed by atoms with Crippen molar-refractivity contribution in [1.29, 1.82) is 0 Å². The first-order chi connectivity index (χ1) is 7.93. The Labute approximate surface area is 97.1 Å². The fraction of sp³-hybridized carbons (Fsp3) is 0.182. The molecule has 17 heavy (non-hydrogen) atoms. The van der Waals surface area contributed by atoms with Crippen LogP contribution < -0.4 is 0 Å². The van der Waals surface area contributed by atoms with Crippen molar-refractivity contribution in [3.8, 4) is 0 Å². The Morgan fingerprint density at radius 2 is 1.65 bits per heavy atom. The molecule has 0 spiro atoms. The van der Waals surface area contributed by atoms with E-state index >= 15 is 0 Å². The van der Waals surface area contributed by atoms with Crippen LogP contribution in [0.25, 0.3) is 0 Å². The number of nitrogens with zero attached hydrogens (tertiary/aromatic N) is 1. The van der Waals surface area contributed by atoms with Gasteiger partial charge in [0.25, 0.3) is 5.91 Å².